The highest BCUT2D eigenvalue weighted by Crippen LogP contribution is 2.17. The summed E-state index contributed by atoms with van der Waals surface area (Å²) in [7, 11) is 0. The number of hydrogen-bond acceptors (Lipinski definition) is 2. The fourth-order valence-corrected chi connectivity index (χ4v) is 2.78. The molecule has 1 fully saturated rings. The zero-order chi connectivity index (χ0) is 13.8. The van der Waals surface area contributed by atoms with Crippen molar-refractivity contribution in [3.63, 3.8) is 0 Å². The first-order valence-corrected chi connectivity index (χ1v) is 7.21. The molecule has 4 heteroatoms. The van der Waals surface area contributed by atoms with E-state index in [1.807, 2.05) is 6.20 Å². The van der Waals surface area contributed by atoms with Crippen molar-refractivity contribution in [1.82, 2.24) is 9.47 Å². The lowest BCUT2D eigenvalue weighted by atomic mass is 10.0. The van der Waals surface area contributed by atoms with Crippen LogP contribution in [0.2, 0.25) is 0 Å². The number of carboxylic acid groups (broad SMARTS) is 1. The van der Waals surface area contributed by atoms with E-state index in [-0.39, 0.29) is 0 Å². The first-order chi connectivity index (χ1) is 9.08. The third-order valence-corrected chi connectivity index (χ3v) is 3.77. The number of carbonyl (C=O) groups is 1. The number of nitrogens with zero attached hydrogens (tertiary/aromatic N) is 2. The molecule has 1 aromatic heterocycles. The molecule has 1 aromatic rings. The van der Waals surface area contributed by atoms with Gasteiger partial charge in [-0.25, -0.2) is 4.79 Å². The number of carboxylic acids is 1. The van der Waals surface area contributed by atoms with Gasteiger partial charge in [-0.15, -0.1) is 0 Å². The Labute approximate surface area is 115 Å². The number of likely N-dealkylation sites (tertiary alicyclic amines) is 1. The van der Waals surface area contributed by atoms with E-state index in [9.17, 15) is 9.90 Å². The lowest BCUT2D eigenvalue weighted by molar-refractivity contribution is 0.0695. The molecular formula is C15H24N2O2. The Morgan fingerprint density at radius 1 is 1.32 bits per heavy atom. The van der Waals surface area contributed by atoms with Gasteiger partial charge in [-0.3, -0.25) is 0 Å². The molecule has 0 unspecified atom stereocenters. The Kier molecular flexibility index (Phi) is 4.64. The first-order valence-electron chi connectivity index (χ1n) is 7.21. The van der Waals surface area contributed by atoms with Crippen LogP contribution in [-0.4, -0.2) is 40.2 Å². The van der Waals surface area contributed by atoms with E-state index in [1.165, 1.54) is 25.9 Å². The summed E-state index contributed by atoms with van der Waals surface area (Å²) in [6, 6.07) is 1.74. The van der Waals surface area contributed by atoms with Gasteiger partial charge in [0.25, 0.3) is 0 Å². The van der Waals surface area contributed by atoms with E-state index < -0.39 is 5.97 Å². The van der Waals surface area contributed by atoms with Crippen LogP contribution in [0, 0.1) is 5.92 Å². The molecule has 19 heavy (non-hydrogen) atoms. The summed E-state index contributed by atoms with van der Waals surface area (Å²) in [5, 5.41) is 9.25. The van der Waals surface area contributed by atoms with Crippen molar-refractivity contribution < 1.29 is 9.90 Å². The Hall–Kier alpha value is -1.29. The average Bonchev–Trinajstić information content (AvgIpc) is 2.94. The van der Waals surface area contributed by atoms with Crippen molar-refractivity contribution >= 4 is 5.97 Å². The van der Waals surface area contributed by atoms with E-state index in [1.54, 1.807) is 6.07 Å². The molecule has 0 bridgehead atoms. The predicted octanol–water partition coefficient (Wildman–Crippen LogP) is 2.48. The summed E-state index contributed by atoms with van der Waals surface area (Å²) in [5.41, 5.74) is 1.44. The number of rotatable bonds is 6. The molecule has 1 aliphatic heterocycles. The summed E-state index contributed by atoms with van der Waals surface area (Å²) >= 11 is 0. The molecule has 1 aliphatic rings. The third-order valence-electron chi connectivity index (χ3n) is 3.77. The monoisotopic (exact) mass is 264 g/mol. The number of aromatic carboxylic acids is 1. The minimum Gasteiger partial charge on any atom is -0.478 e. The maximum absolute atomic E-state index is 11.3. The van der Waals surface area contributed by atoms with Crippen molar-refractivity contribution in [3.8, 4) is 0 Å². The van der Waals surface area contributed by atoms with Crippen LogP contribution in [0.1, 0.15) is 42.7 Å². The molecule has 0 aliphatic carbocycles. The van der Waals surface area contributed by atoms with Crippen LogP contribution < -0.4 is 0 Å². The van der Waals surface area contributed by atoms with Crippen LogP contribution in [0.5, 0.6) is 0 Å². The normalized spacial score (nSPS) is 16.4. The van der Waals surface area contributed by atoms with Gasteiger partial charge in [-0.05, 0) is 44.3 Å². The molecule has 0 aromatic carbocycles. The van der Waals surface area contributed by atoms with Crippen molar-refractivity contribution in [1.29, 1.82) is 0 Å². The van der Waals surface area contributed by atoms with E-state index in [4.69, 9.17) is 0 Å². The van der Waals surface area contributed by atoms with Crippen LogP contribution in [0.3, 0.4) is 0 Å². The molecular weight excluding hydrogens is 240 g/mol. The van der Waals surface area contributed by atoms with Gasteiger partial charge in [-0.2, -0.15) is 0 Å². The molecule has 0 saturated carbocycles. The van der Waals surface area contributed by atoms with Crippen molar-refractivity contribution in [3.05, 3.63) is 23.5 Å². The molecule has 2 rings (SSSR count). The molecule has 1 N–H and O–H groups in total. The summed E-state index contributed by atoms with van der Waals surface area (Å²) in [5.74, 6) is -0.339. The van der Waals surface area contributed by atoms with E-state index in [0.29, 0.717) is 11.5 Å². The van der Waals surface area contributed by atoms with Gasteiger partial charge in [-0.1, -0.05) is 13.8 Å². The Bertz CT molecular complexity index is 431. The summed E-state index contributed by atoms with van der Waals surface area (Å²) in [4.78, 5) is 13.7. The number of aromatic nitrogens is 1. The third kappa shape index (κ3) is 3.60. The van der Waals surface area contributed by atoms with E-state index in [0.717, 1.165) is 25.2 Å². The lowest BCUT2D eigenvalue weighted by Gasteiger charge is -2.17. The van der Waals surface area contributed by atoms with Crippen LogP contribution in [0.4, 0.5) is 0 Å². The van der Waals surface area contributed by atoms with Gasteiger partial charge in [0.05, 0.1) is 5.56 Å². The Morgan fingerprint density at radius 2 is 2.00 bits per heavy atom. The highest BCUT2D eigenvalue weighted by molar-refractivity contribution is 5.89. The molecule has 4 nitrogen and oxygen atoms in total. The van der Waals surface area contributed by atoms with E-state index >= 15 is 0 Å². The average molecular weight is 264 g/mol. The quantitative estimate of drug-likeness (QED) is 0.858. The minimum absolute atomic E-state index is 0.468. The topological polar surface area (TPSA) is 45.5 Å². The minimum atomic E-state index is -0.810. The second kappa shape index (κ2) is 6.24. The molecule has 1 saturated heterocycles. The standard InChI is InChI=1S/C15H24N2O2/c1-12(2)11-14-13(15(18)19)5-8-17(14)10-9-16-6-3-4-7-16/h5,8,12H,3-4,6-7,9-11H2,1-2H3,(H,18,19). The summed E-state index contributed by atoms with van der Waals surface area (Å²) < 4.78 is 2.13. The second-order valence-electron chi connectivity index (χ2n) is 5.82. The van der Waals surface area contributed by atoms with Gasteiger partial charge in [0.1, 0.15) is 0 Å². The van der Waals surface area contributed by atoms with Crippen LogP contribution >= 0.6 is 0 Å². The second-order valence-corrected chi connectivity index (χ2v) is 5.82. The Morgan fingerprint density at radius 3 is 2.58 bits per heavy atom. The molecule has 2 heterocycles. The van der Waals surface area contributed by atoms with Gasteiger partial charge in [0, 0.05) is 25.0 Å². The fourth-order valence-electron chi connectivity index (χ4n) is 2.78. The zero-order valence-corrected chi connectivity index (χ0v) is 11.9. The van der Waals surface area contributed by atoms with Gasteiger partial charge in [0.15, 0.2) is 0 Å². The molecule has 0 radical (unpaired) electrons. The lowest BCUT2D eigenvalue weighted by Crippen LogP contribution is -2.24. The summed E-state index contributed by atoms with van der Waals surface area (Å²) in [6.07, 6.45) is 5.35. The molecule has 106 valence electrons. The van der Waals surface area contributed by atoms with Crippen LogP contribution in [0.25, 0.3) is 0 Å². The maximum atomic E-state index is 11.3. The van der Waals surface area contributed by atoms with Crippen LogP contribution in [-0.2, 0) is 13.0 Å². The first kappa shape index (κ1) is 14.1. The van der Waals surface area contributed by atoms with Crippen molar-refractivity contribution in [2.75, 3.05) is 19.6 Å². The largest absolute Gasteiger partial charge is 0.478 e. The Balaban J connectivity index is 2.07. The number of hydrogen-bond donors (Lipinski definition) is 1. The smallest absolute Gasteiger partial charge is 0.337 e. The fraction of sp³-hybridized carbons (Fsp3) is 0.667. The molecule has 0 atom stereocenters. The van der Waals surface area contributed by atoms with Crippen molar-refractivity contribution in [2.24, 2.45) is 5.92 Å². The predicted molar refractivity (Wildman–Crippen MR) is 75.6 cm³/mol. The van der Waals surface area contributed by atoms with Gasteiger partial charge < -0.3 is 14.6 Å². The maximum Gasteiger partial charge on any atom is 0.337 e. The van der Waals surface area contributed by atoms with Crippen molar-refractivity contribution in [2.45, 2.75) is 39.7 Å². The molecule has 0 spiro atoms. The van der Waals surface area contributed by atoms with Gasteiger partial charge >= 0.3 is 5.97 Å². The molecule has 0 amide bonds. The highest BCUT2D eigenvalue weighted by Gasteiger charge is 2.17. The van der Waals surface area contributed by atoms with Crippen LogP contribution in [0.15, 0.2) is 12.3 Å². The van der Waals surface area contributed by atoms with E-state index in [2.05, 4.69) is 23.3 Å². The van der Waals surface area contributed by atoms with Gasteiger partial charge in [0.2, 0.25) is 0 Å². The summed E-state index contributed by atoms with van der Waals surface area (Å²) in [6.45, 7) is 8.56. The highest BCUT2D eigenvalue weighted by atomic mass is 16.4. The zero-order valence-electron chi connectivity index (χ0n) is 11.9. The SMILES string of the molecule is CC(C)Cc1c(C(=O)O)ccn1CCN1CCCC1.